The van der Waals surface area contributed by atoms with Crippen LogP contribution in [0.1, 0.15) is 21.5 Å². The van der Waals surface area contributed by atoms with Crippen LogP contribution < -0.4 is 14.8 Å². The van der Waals surface area contributed by atoms with Crippen molar-refractivity contribution in [3.05, 3.63) is 77.7 Å². The normalized spacial score (nSPS) is 10.3. The van der Waals surface area contributed by atoms with E-state index in [1.54, 1.807) is 31.8 Å². The minimum atomic E-state index is -0.127. The lowest BCUT2D eigenvalue weighted by atomic mass is 10.1. The molecule has 0 unspecified atom stereocenters. The Morgan fingerprint density at radius 3 is 2.78 bits per heavy atom. The number of carbonyl (C=O) groups is 1. The van der Waals surface area contributed by atoms with Gasteiger partial charge in [0.25, 0.3) is 5.91 Å². The SMILES string of the molecule is COc1ccc(SNc2cc(C(=O)NCc3cccnc3)ccc2C)cn1. The molecule has 138 valence electrons. The van der Waals surface area contributed by atoms with Gasteiger partial charge in [-0.15, -0.1) is 0 Å². The lowest BCUT2D eigenvalue weighted by Gasteiger charge is -2.11. The van der Waals surface area contributed by atoms with Crippen LogP contribution in [0.5, 0.6) is 5.88 Å². The van der Waals surface area contributed by atoms with E-state index in [1.165, 1.54) is 11.9 Å². The van der Waals surface area contributed by atoms with Gasteiger partial charge in [-0.05, 0) is 54.3 Å². The summed E-state index contributed by atoms with van der Waals surface area (Å²) in [6, 6.07) is 13.1. The van der Waals surface area contributed by atoms with E-state index in [-0.39, 0.29) is 5.91 Å². The van der Waals surface area contributed by atoms with Crippen LogP contribution in [0.3, 0.4) is 0 Å². The van der Waals surface area contributed by atoms with Crippen LogP contribution in [0.15, 0.2) is 66.0 Å². The molecule has 3 aromatic rings. The molecule has 3 rings (SSSR count). The lowest BCUT2D eigenvalue weighted by molar-refractivity contribution is 0.0951. The Morgan fingerprint density at radius 2 is 2.07 bits per heavy atom. The van der Waals surface area contributed by atoms with Crippen LogP contribution in [0.2, 0.25) is 0 Å². The highest BCUT2D eigenvalue weighted by atomic mass is 32.2. The summed E-state index contributed by atoms with van der Waals surface area (Å²) in [7, 11) is 1.58. The third-order valence-corrected chi connectivity index (χ3v) is 4.67. The Hall–Kier alpha value is -3.06. The molecule has 0 aliphatic rings. The molecular weight excluding hydrogens is 360 g/mol. The number of nitrogens with zero attached hydrogens (tertiary/aromatic N) is 2. The second-order valence-electron chi connectivity index (χ2n) is 5.81. The number of methoxy groups -OCH3 is 1. The number of nitrogens with one attached hydrogen (secondary N) is 2. The van der Waals surface area contributed by atoms with Crippen LogP contribution in [0, 0.1) is 6.92 Å². The molecule has 0 fully saturated rings. The van der Waals surface area contributed by atoms with E-state index in [0.717, 1.165) is 21.7 Å². The second-order valence-corrected chi connectivity index (χ2v) is 6.69. The van der Waals surface area contributed by atoms with Gasteiger partial charge in [0, 0.05) is 47.3 Å². The summed E-state index contributed by atoms with van der Waals surface area (Å²) in [6.45, 7) is 2.43. The molecule has 0 atom stereocenters. The molecule has 0 bridgehead atoms. The van der Waals surface area contributed by atoms with Gasteiger partial charge in [-0.25, -0.2) is 4.98 Å². The van der Waals surface area contributed by atoms with Gasteiger partial charge in [0.1, 0.15) is 0 Å². The number of amides is 1. The number of aryl methyl sites for hydroxylation is 1. The Balaban J connectivity index is 1.63. The predicted octanol–water partition coefficient (Wildman–Crippen LogP) is 3.84. The summed E-state index contributed by atoms with van der Waals surface area (Å²) in [5, 5.41) is 2.91. The van der Waals surface area contributed by atoms with Gasteiger partial charge < -0.3 is 14.8 Å². The highest BCUT2D eigenvalue weighted by Crippen LogP contribution is 2.25. The van der Waals surface area contributed by atoms with Crippen molar-refractivity contribution < 1.29 is 9.53 Å². The zero-order valence-corrected chi connectivity index (χ0v) is 15.9. The van der Waals surface area contributed by atoms with Crippen molar-refractivity contribution in [3.8, 4) is 5.88 Å². The number of carbonyl (C=O) groups excluding carboxylic acids is 1. The van der Waals surface area contributed by atoms with Crippen LogP contribution in [0.25, 0.3) is 0 Å². The molecular formula is C20H20N4O2S. The van der Waals surface area contributed by atoms with Gasteiger partial charge in [-0.3, -0.25) is 9.78 Å². The van der Waals surface area contributed by atoms with Crippen molar-refractivity contribution in [1.82, 2.24) is 15.3 Å². The lowest BCUT2D eigenvalue weighted by Crippen LogP contribution is -2.22. The number of benzene rings is 1. The standard InChI is InChI=1S/C20H20N4O2S/c1-14-5-6-16(20(25)23-12-15-4-3-9-21-11-15)10-18(14)24-27-17-7-8-19(26-2)22-13-17/h3-11,13,24H,12H2,1-2H3,(H,23,25). The average molecular weight is 380 g/mol. The fraction of sp³-hybridized carbons (Fsp3) is 0.150. The first-order chi connectivity index (χ1) is 13.2. The topological polar surface area (TPSA) is 76.1 Å². The summed E-state index contributed by atoms with van der Waals surface area (Å²) in [5.41, 5.74) is 3.48. The van der Waals surface area contributed by atoms with E-state index in [0.29, 0.717) is 18.0 Å². The quantitative estimate of drug-likeness (QED) is 0.607. The smallest absolute Gasteiger partial charge is 0.251 e. The number of pyridine rings is 2. The van der Waals surface area contributed by atoms with Crippen LogP contribution in [-0.2, 0) is 6.54 Å². The number of aromatic nitrogens is 2. The number of hydrogen-bond donors (Lipinski definition) is 2. The number of rotatable bonds is 7. The van der Waals surface area contributed by atoms with Gasteiger partial charge in [0.15, 0.2) is 0 Å². The molecule has 2 N–H and O–H groups in total. The molecule has 0 spiro atoms. The molecule has 0 saturated heterocycles. The van der Waals surface area contributed by atoms with Crippen molar-refractivity contribution in [2.75, 3.05) is 11.8 Å². The third-order valence-electron chi connectivity index (χ3n) is 3.87. The third kappa shape index (κ3) is 5.21. The van der Waals surface area contributed by atoms with E-state index in [2.05, 4.69) is 20.0 Å². The molecule has 2 heterocycles. The maximum Gasteiger partial charge on any atom is 0.251 e. The van der Waals surface area contributed by atoms with Crippen LogP contribution >= 0.6 is 11.9 Å². The Bertz CT molecular complexity index is 902. The van der Waals surface area contributed by atoms with Crippen molar-refractivity contribution in [3.63, 3.8) is 0 Å². The zero-order chi connectivity index (χ0) is 19.1. The number of anilines is 1. The molecule has 6 nitrogen and oxygen atoms in total. The summed E-state index contributed by atoms with van der Waals surface area (Å²) >= 11 is 1.43. The highest BCUT2D eigenvalue weighted by Gasteiger charge is 2.09. The first kappa shape index (κ1) is 18.7. The van der Waals surface area contributed by atoms with Crippen molar-refractivity contribution in [2.24, 2.45) is 0 Å². The summed E-state index contributed by atoms with van der Waals surface area (Å²) in [5.74, 6) is 0.445. The maximum atomic E-state index is 12.4. The first-order valence-electron chi connectivity index (χ1n) is 8.36. The molecule has 1 aromatic carbocycles. The molecule has 7 heteroatoms. The maximum absolute atomic E-state index is 12.4. The van der Waals surface area contributed by atoms with Gasteiger partial charge in [-0.2, -0.15) is 0 Å². The molecule has 27 heavy (non-hydrogen) atoms. The molecule has 0 saturated carbocycles. The van der Waals surface area contributed by atoms with E-state index in [1.807, 2.05) is 43.3 Å². The van der Waals surface area contributed by atoms with E-state index in [4.69, 9.17) is 4.74 Å². The monoisotopic (exact) mass is 380 g/mol. The minimum Gasteiger partial charge on any atom is -0.481 e. The Morgan fingerprint density at radius 1 is 1.19 bits per heavy atom. The van der Waals surface area contributed by atoms with Gasteiger partial charge >= 0.3 is 0 Å². The van der Waals surface area contributed by atoms with E-state index in [9.17, 15) is 4.79 Å². The Labute approximate surface area is 162 Å². The van der Waals surface area contributed by atoms with Crippen LogP contribution in [-0.4, -0.2) is 23.0 Å². The summed E-state index contributed by atoms with van der Waals surface area (Å²) in [6.07, 6.45) is 5.18. The fourth-order valence-electron chi connectivity index (χ4n) is 2.32. The van der Waals surface area contributed by atoms with Gasteiger partial charge in [0.2, 0.25) is 5.88 Å². The zero-order valence-electron chi connectivity index (χ0n) is 15.1. The van der Waals surface area contributed by atoms with Crippen molar-refractivity contribution >= 4 is 23.5 Å². The van der Waals surface area contributed by atoms with E-state index >= 15 is 0 Å². The van der Waals surface area contributed by atoms with Crippen LogP contribution in [0.4, 0.5) is 5.69 Å². The molecule has 1 amide bonds. The first-order valence-corrected chi connectivity index (χ1v) is 9.18. The summed E-state index contributed by atoms with van der Waals surface area (Å²) in [4.78, 5) is 21.6. The average Bonchev–Trinajstić information content (AvgIpc) is 2.72. The van der Waals surface area contributed by atoms with Gasteiger partial charge in [-0.1, -0.05) is 12.1 Å². The Kier molecular flexibility index (Phi) is 6.27. The summed E-state index contributed by atoms with van der Waals surface area (Å²) < 4.78 is 8.34. The molecule has 2 aromatic heterocycles. The number of hydrogen-bond acceptors (Lipinski definition) is 6. The minimum absolute atomic E-state index is 0.127. The highest BCUT2D eigenvalue weighted by molar-refractivity contribution is 8.00. The fourth-order valence-corrected chi connectivity index (χ4v) is 3.01. The number of ether oxygens (including phenoxy) is 1. The molecule has 0 aliphatic carbocycles. The predicted molar refractivity (Wildman–Crippen MR) is 107 cm³/mol. The van der Waals surface area contributed by atoms with Crippen molar-refractivity contribution in [2.45, 2.75) is 18.4 Å². The second kappa shape index (κ2) is 9.05. The van der Waals surface area contributed by atoms with Crippen molar-refractivity contribution in [1.29, 1.82) is 0 Å². The van der Waals surface area contributed by atoms with E-state index < -0.39 is 0 Å². The largest absolute Gasteiger partial charge is 0.481 e. The molecule has 0 radical (unpaired) electrons. The van der Waals surface area contributed by atoms with Gasteiger partial charge in [0.05, 0.1) is 7.11 Å². The molecule has 0 aliphatic heterocycles.